The van der Waals surface area contributed by atoms with Crippen LogP contribution in [0.5, 0.6) is 11.5 Å². The summed E-state index contributed by atoms with van der Waals surface area (Å²) in [5.74, 6) is 1.37. The second-order valence-electron chi connectivity index (χ2n) is 7.34. The Labute approximate surface area is 194 Å². The van der Waals surface area contributed by atoms with Crippen molar-refractivity contribution in [3.63, 3.8) is 0 Å². The summed E-state index contributed by atoms with van der Waals surface area (Å²) in [7, 11) is 0. The Hall–Kier alpha value is -3.42. The number of pyridine rings is 1. The predicted molar refractivity (Wildman–Crippen MR) is 125 cm³/mol. The van der Waals surface area contributed by atoms with Crippen LogP contribution in [0.4, 0.5) is 5.69 Å². The van der Waals surface area contributed by atoms with E-state index in [1.165, 1.54) is 11.3 Å². The monoisotopic (exact) mass is 462 g/mol. The highest BCUT2D eigenvalue weighted by Gasteiger charge is 2.22. The molecule has 0 saturated heterocycles. The van der Waals surface area contributed by atoms with Crippen LogP contribution in [0.15, 0.2) is 72.4 Å². The summed E-state index contributed by atoms with van der Waals surface area (Å²) in [6, 6.07) is 17.3. The van der Waals surface area contributed by atoms with Crippen molar-refractivity contribution >= 4 is 34.5 Å². The molecule has 0 spiro atoms. The number of aromatic nitrogens is 2. The number of para-hydroxylation sites is 1. The number of ether oxygens (including phenoxy) is 1. The summed E-state index contributed by atoms with van der Waals surface area (Å²) in [5, 5.41) is 6.17. The fraction of sp³-hybridized carbons (Fsp3) is 0.125. The van der Waals surface area contributed by atoms with Gasteiger partial charge in [-0.2, -0.15) is 0 Å². The van der Waals surface area contributed by atoms with Crippen molar-refractivity contribution in [1.82, 2.24) is 15.3 Å². The molecule has 0 aliphatic carbocycles. The first-order chi connectivity index (χ1) is 15.7. The van der Waals surface area contributed by atoms with E-state index in [1.807, 2.05) is 48.5 Å². The third-order valence-electron chi connectivity index (χ3n) is 5.13. The summed E-state index contributed by atoms with van der Waals surface area (Å²) in [4.78, 5) is 23.3. The first-order valence-electron chi connectivity index (χ1n) is 10.1. The van der Waals surface area contributed by atoms with E-state index >= 15 is 0 Å². The number of thiazole rings is 1. The molecular formula is C24H19ClN4O2S. The zero-order valence-corrected chi connectivity index (χ0v) is 18.6. The number of nitrogens with one attached hydrogen (secondary N) is 1. The van der Waals surface area contributed by atoms with Crippen LogP contribution in [0.3, 0.4) is 0 Å². The van der Waals surface area contributed by atoms with Gasteiger partial charge in [-0.15, -0.1) is 11.3 Å². The zero-order chi connectivity index (χ0) is 21.9. The standard InChI is InChI=1S/C24H19ClN4O2S/c25-18-5-6-22-20(11-18)29(13-17-3-1-2-4-21(17)31-22)14-23-28-19(15-32-23)24(30)27-12-16-7-9-26-10-8-16/h1-11,15H,12-14H2,(H,27,30). The molecule has 3 heterocycles. The summed E-state index contributed by atoms with van der Waals surface area (Å²) >= 11 is 7.75. The fourth-order valence-electron chi connectivity index (χ4n) is 3.53. The van der Waals surface area contributed by atoms with Crippen LogP contribution >= 0.6 is 22.9 Å². The average molecular weight is 463 g/mol. The number of hydrogen-bond donors (Lipinski definition) is 1. The lowest BCUT2D eigenvalue weighted by Gasteiger charge is -2.23. The van der Waals surface area contributed by atoms with Crippen molar-refractivity contribution < 1.29 is 9.53 Å². The van der Waals surface area contributed by atoms with Crippen LogP contribution in [-0.2, 0) is 19.6 Å². The first kappa shape index (κ1) is 20.5. The van der Waals surface area contributed by atoms with Crippen LogP contribution in [0.1, 0.15) is 26.6 Å². The number of anilines is 1. The summed E-state index contributed by atoms with van der Waals surface area (Å²) in [6.07, 6.45) is 3.41. The van der Waals surface area contributed by atoms with E-state index in [4.69, 9.17) is 16.3 Å². The molecule has 5 rings (SSSR count). The number of hydrogen-bond acceptors (Lipinski definition) is 6. The second-order valence-corrected chi connectivity index (χ2v) is 8.72. The lowest BCUT2D eigenvalue weighted by Crippen LogP contribution is -2.24. The second kappa shape index (κ2) is 8.98. The topological polar surface area (TPSA) is 67.4 Å². The predicted octanol–water partition coefficient (Wildman–Crippen LogP) is 5.43. The Morgan fingerprint density at radius 2 is 1.97 bits per heavy atom. The van der Waals surface area contributed by atoms with Gasteiger partial charge in [-0.3, -0.25) is 9.78 Å². The molecule has 0 radical (unpaired) electrons. The van der Waals surface area contributed by atoms with Gasteiger partial charge in [-0.05, 0) is 42.0 Å². The number of carbonyl (C=O) groups excluding carboxylic acids is 1. The largest absolute Gasteiger partial charge is 0.455 e. The average Bonchev–Trinajstić information content (AvgIpc) is 3.22. The van der Waals surface area contributed by atoms with Gasteiger partial charge >= 0.3 is 0 Å². The van der Waals surface area contributed by atoms with Gasteiger partial charge in [0.05, 0.1) is 12.2 Å². The highest BCUT2D eigenvalue weighted by Crippen LogP contribution is 2.41. The molecule has 2 aromatic carbocycles. The van der Waals surface area contributed by atoms with Crippen LogP contribution in [0.2, 0.25) is 5.02 Å². The van der Waals surface area contributed by atoms with Gasteiger partial charge in [-0.1, -0.05) is 29.8 Å². The van der Waals surface area contributed by atoms with E-state index in [-0.39, 0.29) is 5.91 Å². The van der Waals surface area contributed by atoms with Crippen LogP contribution < -0.4 is 15.0 Å². The van der Waals surface area contributed by atoms with Gasteiger partial charge < -0.3 is 15.0 Å². The minimum atomic E-state index is -0.197. The Morgan fingerprint density at radius 1 is 1.12 bits per heavy atom. The van der Waals surface area contributed by atoms with Crippen molar-refractivity contribution in [2.45, 2.75) is 19.6 Å². The smallest absolute Gasteiger partial charge is 0.271 e. The number of halogens is 1. The molecule has 6 nitrogen and oxygen atoms in total. The van der Waals surface area contributed by atoms with Gasteiger partial charge in [0.1, 0.15) is 16.5 Å². The normalized spacial score (nSPS) is 12.3. The molecule has 1 N–H and O–H groups in total. The summed E-state index contributed by atoms with van der Waals surface area (Å²) in [6.45, 7) is 1.61. The Balaban J connectivity index is 1.35. The number of rotatable bonds is 5. The quantitative estimate of drug-likeness (QED) is 0.428. The van der Waals surface area contributed by atoms with Crippen molar-refractivity contribution in [2.24, 2.45) is 0 Å². The SMILES string of the molecule is O=C(NCc1ccncc1)c1csc(CN2Cc3ccccc3Oc3ccc(Cl)cc32)n1. The molecule has 0 unspecified atom stereocenters. The maximum absolute atomic E-state index is 12.6. The minimum absolute atomic E-state index is 0.197. The molecule has 0 fully saturated rings. The molecule has 32 heavy (non-hydrogen) atoms. The van der Waals surface area contributed by atoms with Crippen LogP contribution in [0, 0.1) is 0 Å². The molecule has 8 heteroatoms. The van der Waals surface area contributed by atoms with E-state index in [0.29, 0.717) is 30.4 Å². The number of fused-ring (bicyclic) bond motifs is 2. The van der Waals surface area contributed by atoms with Crippen molar-refractivity contribution in [3.8, 4) is 11.5 Å². The molecule has 0 saturated carbocycles. The molecule has 4 aromatic rings. The van der Waals surface area contributed by atoms with Gasteiger partial charge in [0.15, 0.2) is 5.75 Å². The molecule has 1 aliphatic heterocycles. The third kappa shape index (κ3) is 4.44. The van der Waals surface area contributed by atoms with Crippen molar-refractivity contribution in [1.29, 1.82) is 0 Å². The zero-order valence-electron chi connectivity index (χ0n) is 17.0. The van der Waals surface area contributed by atoms with Crippen molar-refractivity contribution in [3.05, 3.63) is 99.2 Å². The Morgan fingerprint density at radius 3 is 2.84 bits per heavy atom. The number of nitrogens with zero attached hydrogens (tertiary/aromatic N) is 3. The summed E-state index contributed by atoms with van der Waals surface area (Å²) in [5.41, 5.74) is 3.37. The van der Waals surface area contributed by atoms with Crippen LogP contribution in [-0.4, -0.2) is 15.9 Å². The van der Waals surface area contributed by atoms with E-state index in [2.05, 4.69) is 26.3 Å². The maximum Gasteiger partial charge on any atom is 0.271 e. The van der Waals surface area contributed by atoms with Crippen LogP contribution in [0.25, 0.3) is 0 Å². The molecule has 0 atom stereocenters. The van der Waals surface area contributed by atoms with Crippen molar-refractivity contribution in [2.75, 3.05) is 4.90 Å². The van der Waals surface area contributed by atoms with E-state index in [1.54, 1.807) is 17.8 Å². The third-order valence-corrected chi connectivity index (χ3v) is 6.20. The first-order valence-corrected chi connectivity index (χ1v) is 11.3. The maximum atomic E-state index is 12.6. The molecule has 160 valence electrons. The van der Waals surface area contributed by atoms with Gasteiger partial charge in [0.2, 0.25) is 0 Å². The number of amides is 1. The number of carbonyl (C=O) groups is 1. The van der Waals surface area contributed by atoms with E-state index in [9.17, 15) is 4.79 Å². The fourth-order valence-corrected chi connectivity index (χ4v) is 4.49. The molecular weight excluding hydrogens is 444 g/mol. The molecule has 1 amide bonds. The highest BCUT2D eigenvalue weighted by atomic mass is 35.5. The van der Waals surface area contributed by atoms with Gasteiger partial charge in [-0.25, -0.2) is 4.98 Å². The highest BCUT2D eigenvalue weighted by molar-refractivity contribution is 7.09. The molecule has 0 bridgehead atoms. The lowest BCUT2D eigenvalue weighted by molar-refractivity contribution is 0.0946. The Bertz CT molecular complexity index is 1260. The number of benzene rings is 2. The minimum Gasteiger partial charge on any atom is -0.455 e. The van der Waals surface area contributed by atoms with E-state index in [0.717, 1.165) is 33.3 Å². The Kier molecular flexibility index (Phi) is 5.75. The lowest BCUT2D eigenvalue weighted by atomic mass is 10.2. The molecule has 1 aliphatic rings. The molecule has 2 aromatic heterocycles. The summed E-state index contributed by atoms with van der Waals surface area (Å²) < 4.78 is 6.16. The van der Waals surface area contributed by atoms with Gasteiger partial charge in [0, 0.05) is 41.4 Å². The van der Waals surface area contributed by atoms with E-state index < -0.39 is 0 Å². The van der Waals surface area contributed by atoms with Gasteiger partial charge in [0.25, 0.3) is 5.91 Å².